The summed E-state index contributed by atoms with van der Waals surface area (Å²) >= 11 is 1.52. The first-order chi connectivity index (χ1) is 18.4. The normalized spacial score (nSPS) is 20.2. The molecule has 2 aromatic carbocycles. The van der Waals surface area contributed by atoms with Crippen molar-refractivity contribution in [2.75, 3.05) is 20.1 Å². The summed E-state index contributed by atoms with van der Waals surface area (Å²) < 4.78 is 52.8. The number of hydrogen-bond donors (Lipinski definition) is 2. The fourth-order valence-electron chi connectivity index (χ4n) is 5.03. The smallest absolute Gasteiger partial charge is 0.282 e. The van der Waals surface area contributed by atoms with Crippen LogP contribution in [0.1, 0.15) is 23.4 Å². The van der Waals surface area contributed by atoms with E-state index < -0.39 is 38.7 Å². The van der Waals surface area contributed by atoms with Crippen molar-refractivity contribution in [2.24, 2.45) is 5.14 Å². The van der Waals surface area contributed by atoms with Gasteiger partial charge in [0.05, 0.1) is 40.3 Å². The standard InChI is InChI=1S/C24H28N6O6S3/c1-28(14-22(31)26-13-16-6-8-17(9-7-16)38(25,33)34)39(35,36)30-11-10-19-20(30)12-24(32)29(19)15-23-27-18-4-2-3-5-21(18)37-23/h2-9,19-20H,10-15H2,1H3,(H,26,31)(H2,25,33,34)/t19-,20+/m0/s1. The molecular weight excluding hydrogens is 565 g/mol. The zero-order chi connectivity index (χ0) is 27.9. The van der Waals surface area contributed by atoms with Gasteiger partial charge in [-0.15, -0.1) is 11.3 Å². The first-order valence-corrected chi connectivity index (χ1v) is 15.9. The lowest BCUT2D eigenvalue weighted by Crippen LogP contribution is -2.48. The minimum atomic E-state index is -4.00. The van der Waals surface area contributed by atoms with Crippen LogP contribution in [0.15, 0.2) is 53.4 Å². The fourth-order valence-corrected chi connectivity index (χ4v) is 8.05. The number of benzene rings is 2. The van der Waals surface area contributed by atoms with Crippen molar-refractivity contribution in [3.05, 3.63) is 59.1 Å². The topological polar surface area (TPSA) is 163 Å². The van der Waals surface area contributed by atoms with Crippen molar-refractivity contribution < 1.29 is 26.4 Å². The second-order valence-corrected chi connectivity index (χ2v) is 14.2. The van der Waals surface area contributed by atoms with Gasteiger partial charge in [-0.1, -0.05) is 24.3 Å². The van der Waals surface area contributed by atoms with Gasteiger partial charge in [-0.25, -0.2) is 18.5 Å². The third-order valence-corrected chi connectivity index (χ3v) is 10.9. The maximum absolute atomic E-state index is 13.4. The third-order valence-electron chi connectivity index (χ3n) is 7.01. The summed E-state index contributed by atoms with van der Waals surface area (Å²) in [6, 6.07) is 12.7. The van der Waals surface area contributed by atoms with E-state index in [2.05, 4.69) is 10.3 Å². The highest BCUT2D eigenvalue weighted by Crippen LogP contribution is 2.36. The highest BCUT2D eigenvalue weighted by molar-refractivity contribution is 7.89. The third kappa shape index (κ3) is 5.69. The molecule has 0 spiro atoms. The SMILES string of the molecule is CN(CC(=O)NCc1ccc(S(N)(=O)=O)cc1)S(=O)(=O)N1CC[C@H]2[C@H]1CC(=O)N2Cc1nc2ccccc2s1. The van der Waals surface area contributed by atoms with Gasteiger partial charge in [-0.3, -0.25) is 9.59 Å². The lowest BCUT2D eigenvalue weighted by molar-refractivity contribution is -0.129. The van der Waals surface area contributed by atoms with Gasteiger partial charge in [0.1, 0.15) is 5.01 Å². The number of fused-ring (bicyclic) bond motifs is 2. The Bertz CT molecular complexity index is 1590. The number of nitrogens with one attached hydrogen (secondary N) is 1. The number of nitrogens with zero attached hydrogens (tertiary/aromatic N) is 4. The highest BCUT2D eigenvalue weighted by atomic mass is 32.2. The number of likely N-dealkylation sites (tertiary alicyclic amines) is 1. The van der Waals surface area contributed by atoms with E-state index in [4.69, 9.17) is 5.14 Å². The van der Waals surface area contributed by atoms with Crippen molar-refractivity contribution in [1.82, 2.24) is 23.8 Å². The van der Waals surface area contributed by atoms with E-state index in [-0.39, 0.29) is 36.4 Å². The molecule has 2 aliphatic heterocycles. The zero-order valence-corrected chi connectivity index (χ0v) is 23.5. The van der Waals surface area contributed by atoms with Crippen molar-refractivity contribution in [1.29, 1.82) is 0 Å². The predicted molar refractivity (Wildman–Crippen MR) is 145 cm³/mol. The number of nitrogens with two attached hydrogens (primary N) is 1. The van der Waals surface area contributed by atoms with Crippen LogP contribution in [0.2, 0.25) is 0 Å². The molecule has 3 heterocycles. The van der Waals surface area contributed by atoms with Crippen LogP contribution in [0, 0.1) is 0 Å². The van der Waals surface area contributed by atoms with Crippen LogP contribution in [0.25, 0.3) is 10.2 Å². The van der Waals surface area contributed by atoms with E-state index in [0.29, 0.717) is 18.5 Å². The van der Waals surface area contributed by atoms with E-state index in [0.717, 1.165) is 19.5 Å². The predicted octanol–water partition coefficient (Wildman–Crippen LogP) is 0.612. The molecule has 0 unspecified atom stereocenters. The Morgan fingerprint density at radius 3 is 2.54 bits per heavy atom. The Hall–Kier alpha value is -2.95. The number of primary sulfonamides is 1. The summed E-state index contributed by atoms with van der Waals surface area (Å²) in [5, 5.41) is 8.53. The molecule has 2 aliphatic rings. The van der Waals surface area contributed by atoms with Gasteiger partial charge in [-0.05, 0) is 36.2 Å². The highest BCUT2D eigenvalue weighted by Gasteiger charge is 2.51. The van der Waals surface area contributed by atoms with Crippen molar-refractivity contribution in [2.45, 2.75) is 42.9 Å². The number of carbonyl (C=O) groups excluding carboxylic acids is 2. The van der Waals surface area contributed by atoms with Crippen LogP contribution in [0.3, 0.4) is 0 Å². The number of rotatable bonds is 9. The molecular formula is C24H28N6O6S3. The molecule has 3 N–H and O–H groups in total. The molecule has 12 nitrogen and oxygen atoms in total. The average molecular weight is 593 g/mol. The van der Waals surface area contributed by atoms with Crippen LogP contribution < -0.4 is 10.5 Å². The lowest BCUT2D eigenvalue weighted by Gasteiger charge is -2.28. The van der Waals surface area contributed by atoms with Gasteiger partial charge < -0.3 is 10.2 Å². The summed E-state index contributed by atoms with van der Waals surface area (Å²) in [6.07, 6.45) is 0.596. The van der Waals surface area contributed by atoms with E-state index >= 15 is 0 Å². The van der Waals surface area contributed by atoms with E-state index in [1.54, 1.807) is 4.90 Å². The molecule has 0 aliphatic carbocycles. The minimum Gasteiger partial charge on any atom is -0.351 e. The van der Waals surface area contributed by atoms with Crippen LogP contribution in [-0.4, -0.2) is 79.4 Å². The number of para-hydroxylation sites is 1. The monoisotopic (exact) mass is 592 g/mol. The van der Waals surface area contributed by atoms with Crippen LogP contribution >= 0.6 is 11.3 Å². The van der Waals surface area contributed by atoms with E-state index in [9.17, 15) is 26.4 Å². The summed E-state index contributed by atoms with van der Waals surface area (Å²) in [5.41, 5.74) is 1.50. The van der Waals surface area contributed by atoms with Crippen LogP contribution in [0.5, 0.6) is 0 Å². The number of hydrogen-bond acceptors (Lipinski definition) is 8. The molecule has 2 saturated heterocycles. The van der Waals surface area contributed by atoms with Gasteiger partial charge in [0.15, 0.2) is 0 Å². The maximum atomic E-state index is 13.4. The second-order valence-electron chi connectivity index (χ2n) is 9.56. The number of carbonyl (C=O) groups is 2. The Morgan fingerprint density at radius 2 is 1.85 bits per heavy atom. The summed E-state index contributed by atoms with van der Waals surface area (Å²) in [7, 11) is -6.49. The summed E-state index contributed by atoms with van der Waals surface area (Å²) in [5.74, 6) is -0.634. The number of amides is 2. The molecule has 15 heteroatoms. The van der Waals surface area contributed by atoms with Crippen molar-refractivity contribution in [3.63, 3.8) is 0 Å². The van der Waals surface area contributed by atoms with Gasteiger partial charge >= 0.3 is 0 Å². The Kier molecular flexibility index (Phi) is 7.47. The molecule has 2 fully saturated rings. The summed E-state index contributed by atoms with van der Waals surface area (Å²) in [6.45, 7) is 0.267. The molecule has 0 saturated carbocycles. The molecule has 5 rings (SSSR count). The molecule has 1 aromatic heterocycles. The van der Waals surface area contributed by atoms with Gasteiger partial charge in [-0.2, -0.15) is 17.0 Å². The Labute approximate surface area is 230 Å². The number of likely N-dealkylation sites (N-methyl/N-ethyl adjacent to an activating group) is 1. The van der Waals surface area contributed by atoms with Gasteiger partial charge in [0.25, 0.3) is 10.2 Å². The van der Waals surface area contributed by atoms with Crippen molar-refractivity contribution >= 4 is 53.6 Å². The van der Waals surface area contributed by atoms with Gasteiger partial charge in [0.2, 0.25) is 21.8 Å². The molecule has 0 bridgehead atoms. The molecule has 208 valence electrons. The molecule has 2 atom stereocenters. The lowest BCUT2D eigenvalue weighted by atomic mass is 10.1. The molecule has 0 radical (unpaired) electrons. The molecule has 39 heavy (non-hydrogen) atoms. The Morgan fingerprint density at radius 1 is 1.13 bits per heavy atom. The first-order valence-electron chi connectivity index (χ1n) is 12.2. The Balaban J connectivity index is 1.19. The number of sulfonamides is 1. The van der Waals surface area contributed by atoms with E-state index in [1.165, 1.54) is 47.0 Å². The average Bonchev–Trinajstić information content (AvgIpc) is 3.56. The second kappa shape index (κ2) is 10.6. The quantitative estimate of drug-likeness (QED) is 0.368. The largest absolute Gasteiger partial charge is 0.351 e. The zero-order valence-electron chi connectivity index (χ0n) is 21.1. The van der Waals surface area contributed by atoms with Gasteiger partial charge in [0, 0.05) is 26.6 Å². The molecule has 3 aromatic rings. The maximum Gasteiger partial charge on any atom is 0.282 e. The minimum absolute atomic E-state index is 0.0450. The fraction of sp³-hybridized carbons (Fsp3) is 0.375. The van der Waals surface area contributed by atoms with Crippen LogP contribution in [-0.2, 0) is 42.9 Å². The number of aromatic nitrogens is 1. The number of thiazole rings is 1. The molecule has 2 amide bonds. The van der Waals surface area contributed by atoms with Crippen LogP contribution in [0.4, 0.5) is 0 Å². The first kappa shape index (κ1) is 27.6. The van der Waals surface area contributed by atoms with Crippen molar-refractivity contribution in [3.8, 4) is 0 Å². The van der Waals surface area contributed by atoms with E-state index in [1.807, 2.05) is 24.3 Å². The summed E-state index contributed by atoms with van der Waals surface area (Å²) in [4.78, 5) is 31.7.